The van der Waals surface area contributed by atoms with Crippen LogP contribution in [0.1, 0.15) is 10.4 Å². The molecule has 0 bridgehead atoms. The van der Waals surface area contributed by atoms with E-state index < -0.39 is 20.7 Å². The molecule has 11 heteroatoms. The zero-order valence-corrected chi connectivity index (χ0v) is 18.0. The molecule has 0 N–H and O–H groups in total. The summed E-state index contributed by atoms with van der Waals surface area (Å²) >= 11 is 2.84. The van der Waals surface area contributed by atoms with Crippen molar-refractivity contribution in [1.82, 2.24) is 4.57 Å². The SMILES string of the molecule is CSCCn1c(=NC(=O)c2cccc([N+](=O)[O-])c2)sc2cc(S(C)(=O)=O)ccc21. The maximum absolute atomic E-state index is 12.6. The van der Waals surface area contributed by atoms with Crippen molar-refractivity contribution < 1.29 is 18.1 Å². The molecule has 0 aliphatic carbocycles. The summed E-state index contributed by atoms with van der Waals surface area (Å²) in [5, 5.41) is 10.9. The lowest BCUT2D eigenvalue weighted by Crippen LogP contribution is -2.18. The molecule has 8 nitrogen and oxygen atoms in total. The minimum Gasteiger partial charge on any atom is -0.316 e. The van der Waals surface area contributed by atoms with Gasteiger partial charge in [0.05, 0.1) is 20.0 Å². The molecule has 0 fully saturated rings. The predicted octanol–water partition coefficient (Wildman–Crippen LogP) is 3.12. The average molecular weight is 452 g/mol. The van der Waals surface area contributed by atoms with E-state index in [1.165, 1.54) is 41.7 Å². The maximum Gasteiger partial charge on any atom is 0.279 e. The fourth-order valence-electron chi connectivity index (χ4n) is 2.67. The van der Waals surface area contributed by atoms with Crippen molar-refractivity contribution in [2.24, 2.45) is 4.99 Å². The van der Waals surface area contributed by atoms with Crippen LogP contribution in [-0.2, 0) is 16.4 Å². The highest BCUT2D eigenvalue weighted by atomic mass is 32.2. The molecular weight excluding hydrogens is 434 g/mol. The summed E-state index contributed by atoms with van der Waals surface area (Å²) in [6.45, 7) is 0.584. The first-order chi connectivity index (χ1) is 13.7. The maximum atomic E-state index is 12.6. The van der Waals surface area contributed by atoms with E-state index in [4.69, 9.17) is 0 Å². The Bertz CT molecular complexity index is 1280. The first-order valence-electron chi connectivity index (χ1n) is 8.36. The molecule has 0 atom stereocenters. The Morgan fingerprint density at radius 3 is 2.69 bits per heavy atom. The Morgan fingerprint density at radius 1 is 1.28 bits per heavy atom. The number of fused-ring (bicyclic) bond motifs is 1. The lowest BCUT2D eigenvalue weighted by atomic mass is 10.2. The molecule has 0 aliphatic rings. The van der Waals surface area contributed by atoms with Crippen molar-refractivity contribution in [3.8, 4) is 0 Å². The summed E-state index contributed by atoms with van der Waals surface area (Å²) < 4.78 is 26.3. The molecule has 0 aliphatic heterocycles. The average Bonchev–Trinajstić information content (AvgIpc) is 3.01. The van der Waals surface area contributed by atoms with Gasteiger partial charge >= 0.3 is 0 Å². The molecule has 2 aromatic carbocycles. The van der Waals surface area contributed by atoms with Crippen LogP contribution in [0, 0.1) is 10.1 Å². The van der Waals surface area contributed by atoms with E-state index in [-0.39, 0.29) is 16.1 Å². The van der Waals surface area contributed by atoms with Crippen LogP contribution in [0.5, 0.6) is 0 Å². The largest absolute Gasteiger partial charge is 0.316 e. The summed E-state index contributed by atoms with van der Waals surface area (Å²) in [5.74, 6) is 0.180. The molecule has 0 unspecified atom stereocenters. The van der Waals surface area contributed by atoms with Crippen molar-refractivity contribution in [3.63, 3.8) is 0 Å². The number of hydrogen-bond acceptors (Lipinski definition) is 7. The van der Waals surface area contributed by atoms with E-state index in [2.05, 4.69) is 4.99 Å². The van der Waals surface area contributed by atoms with Gasteiger partial charge in [0.1, 0.15) is 0 Å². The Balaban J connectivity index is 2.14. The van der Waals surface area contributed by atoms with Crippen molar-refractivity contribution in [1.29, 1.82) is 0 Å². The van der Waals surface area contributed by atoms with Gasteiger partial charge in [-0.3, -0.25) is 14.9 Å². The molecule has 1 heterocycles. The number of sulfone groups is 1. The highest BCUT2D eigenvalue weighted by Crippen LogP contribution is 2.22. The first kappa shape index (κ1) is 21.2. The van der Waals surface area contributed by atoms with Gasteiger partial charge in [0, 0.05) is 36.2 Å². The van der Waals surface area contributed by atoms with E-state index in [1.54, 1.807) is 23.9 Å². The lowest BCUT2D eigenvalue weighted by Gasteiger charge is -2.04. The summed E-state index contributed by atoms with van der Waals surface area (Å²) in [5.41, 5.74) is 0.711. The molecule has 3 aromatic rings. The predicted molar refractivity (Wildman–Crippen MR) is 114 cm³/mol. The summed E-state index contributed by atoms with van der Waals surface area (Å²) in [6, 6.07) is 10.2. The minimum absolute atomic E-state index is 0.116. The third-order valence-corrected chi connectivity index (χ3v) is 6.84. The van der Waals surface area contributed by atoms with E-state index in [1.807, 2.05) is 10.8 Å². The van der Waals surface area contributed by atoms with Crippen LogP contribution < -0.4 is 4.80 Å². The highest BCUT2D eigenvalue weighted by molar-refractivity contribution is 7.98. The van der Waals surface area contributed by atoms with Gasteiger partial charge in [-0.05, 0) is 30.5 Å². The van der Waals surface area contributed by atoms with Gasteiger partial charge in [-0.15, -0.1) is 0 Å². The standard InChI is InChI=1S/C18H17N3O5S3/c1-27-9-8-20-15-7-6-14(29(2,25)26)11-16(15)28-18(20)19-17(22)12-4-3-5-13(10-12)21(23)24/h3-7,10-11H,8-9H2,1-2H3. The fraction of sp³-hybridized carbons (Fsp3) is 0.222. The topological polar surface area (TPSA) is 112 Å². The Hall–Kier alpha value is -2.50. The molecule has 0 saturated heterocycles. The zero-order chi connectivity index (χ0) is 21.2. The van der Waals surface area contributed by atoms with E-state index in [0.717, 1.165) is 17.5 Å². The summed E-state index contributed by atoms with van der Waals surface area (Å²) in [7, 11) is -3.36. The minimum atomic E-state index is -3.36. The molecule has 0 radical (unpaired) electrons. The number of non-ortho nitro benzene ring substituents is 1. The molecule has 1 aromatic heterocycles. The van der Waals surface area contributed by atoms with E-state index in [9.17, 15) is 23.3 Å². The fourth-order valence-corrected chi connectivity index (χ4v) is 4.85. The number of amides is 1. The molecule has 152 valence electrons. The first-order valence-corrected chi connectivity index (χ1v) is 12.5. The quantitative estimate of drug-likeness (QED) is 0.420. The Kier molecular flexibility index (Phi) is 6.20. The number of thiazole rings is 1. The number of nitro benzene ring substituents is 1. The van der Waals surface area contributed by atoms with E-state index in [0.29, 0.717) is 16.0 Å². The van der Waals surface area contributed by atoms with Crippen LogP contribution in [0.25, 0.3) is 10.2 Å². The molecule has 0 spiro atoms. The van der Waals surface area contributed by atoms with Gasteiger partial charge < -0.3 is 4.57 Å². The van der Waals surface area contributed by atoms with Gasteiger partial charge in [-0.2, -0.15) is 16.8 Å². The Labute approximate surface area is 175 Å². The zero-order valence-electron chi connectivity index (χ0n) is 15.6. The van der Waals surface area contributed by atoms with E-state index >= 15 is 0 Å². The van der Waals surface area contributed by atoms with Crippen molar-refractivity contribution in [2.45, 2.75) is 11.4 Å². The van der Waals surface area contributed by atoms with Gasteiger partial charge in [0.2, 0.25) is 0 Å². The molecular formula is C18H17N3O5S3. The number of carbonyl (C=O) groups is 1. The number of benzene rings is 2. The van der Waals surface area contributed by atoms with Crippen LogP contribution in [0.4, 0.5) is 5.69 Å². The number of carbonyl (C=O) groups excluding carboxylic acids is 1. The number of nitrogens with zero attached hydrogens (tertiary/aromatic N) is 3. The lowest BCUT2D eigenvalue weighted by molar-refractivity contribution is -0.384. The van der Waals surface area contributed by atoms with Gasteiger partial charge in [-0.25, -0.2) is 8.42 Å². The second-order valence-electron chi connectivity index (χ2n) is 6.16. The number of hydrogen-bond donors (Lipinski definition) is 0. The van der Waals surface area contributed by atoms with Crippen molar-refractivity contribution in [2.75, 3.05) is 18.3 Å². The van der Waals surface area contributed by atoms with Crippen molar-refractivity contribution >= 4 is 54.7 Å². The summed E-state index contributed by atoms with van der Waals surface area (Å²) in [4.78, 5) is 27.8. The van der Waals surface area contributed by atoms with Crippen LogP contribution >= 0.6 is 23.1 Å². The third kappa shape index (κ3) is 4.74. The molecule has 29 heavy (non-hydrogen) atoms. The normalized spacial score (nSPS) is 12.4. The van der Waals surface area contributed by atoms with Crippen LogP contribution in [0.3, 0.4) is 0 Å². The monoisotopic (exact) mass is 451 g/mol. The van der Waals surface area contributed by atoms with Crippen LogP contribution in [-0.4, -0.2) is 42.1 Å². The number of rotatable bonds is 6. The number of aromatic nitrogens is 1. The highest BCUT2D eigenvalue weighted by Gasteiger charge is 2.14. The second kappa shape index (κ2) is 8.47. The number of thioether (sulfide) groups is 1. The number of nitro groups is 1. The van der Waals surface area contributed by atoms with Gasteiger partial charge in [-0.1, -0.05) is 17.4 Å². The molecule has 1 amide bonds. The molecule has 0 saturated carbocycles. The number of aryl methyl sites for hydroxylation is 1. The van der Waals surface area contributed by atoms with Crippen LogP contribution in [0.2, 0.25) is 0 Å². The van der Waals surface area contributed by atoms with Gasteiger partial charge in [0.25, 0.3) is 11.6 Å². The van der Waals surface area contributed by atoms with Crippen LogP contribution in [0.15, 0.2) is 52.4 Å². The smallest absolute Gasteiger partial charge is 0.279 e. The second-order valence-corrected chi connectivity index (χ2v) is 10.2. The Morgan fingerprint density at radius 2 is 2.03 bits per heavy atom. The van der Waals surface area contributed by atoms with Gasteiger partial charge in [0.15, 0.2) is 14.6 Å². The third-order valence-electron chi connectivity index (χ3n) is 4.10. The molecule has 3 rings (SSSR count). The summed E-state index contributed by atoms with van der Waals surface area (Å²) in [6.07, 6.45) is 3.10. The van der Waals surface area contributed by atoms with Crippen molar-refractivity contribution in [3.05, 3.63) is 62.9 Å².